The molecule has 5 heteroatoms. The predicted molar refractivity (Wildman–Crippen MR) is 74.4 cm³/mol. The lowest BCUT2D eigenvalue weighted by Gasteiger charge is -2.12. The van der Waals surface area contributed by atoms with Gasteiger partial charge in [-0.25, -0.2) is 4.68 Å². The molecule has 20 heavy (non-hydrogen) atoms. The predicted octanol–water partition coefficient (Wildman–Crippen LogP) is 2.16. The lowest BCUT2D eigenvalue weighted by Crippen LogP contribution is -2.28. The largest absolute Gasteiger partial charge is 0.471 e. The molecular weight excluding hydrogens is 254 g/mol. The van der Waals surface area contributed by atoms with Gasteiger partial charge < -0.3 is 9.64 Å². The molecular formula is C15H17N3O2. The number of ether oxygens (including phenoxy) is 1. The first-order chi connectivity index (χ1) is 9.83. The number of nitrogens with zero attached hydrogens (tertiary/aromatic N) is 3. The normalized spacial score (nSPS) is 14.5. The van der Waals surface area contributed by atoms with Crippen LogP contribution in [0.1, 0.15) is 23.3 Å². The first-order valence-corrected chi connectivity index (χ1v) is 6.83. The van der Waals surface area contributed by atoms with Crippen LogP contribution in [0.4, 0.5) is 0 Å². The van der Waals surface area contributed by atoms with Gasteiger partial charge in [-0.3, -0.25) is 4.79 Å². The third kappa shape index (κ3) is 2.82. The van der Waals surface area contributed by atoms with Gasteiger partial charge in [0.15, 0.2) is 12.4 Å². The average molecular weight is 271 g/mol. The molecule has 0 N–H and O–H groups in total. The Balaban J connectivity index is 1.60. The molecule has 0 bridgehead atoms. The van der Waals surface area contributed by atoms with Crippen molar-refractivity contribution in [3.05, 3.63) is 48.3 Å². The molecule has 1 aromatic carbocycles. The van der Waals surface area contributed by atoms with E-state index in [4.69, 9.17) is 4.74 Å². The molecule has 1 amide bonds. The van der Waals surface area contributed by atoms with Crippen molar-refractivity contribution in [1.82, 2.24) is 14.7 Å². The second-order valence-electron chi connectivity index (χ2n) is 4.83. The molecule has 0 spiro atoms. The van der Waals surface area contributed by atoms with E-state index >= 15 is 0 Å². The maximum Gasteiger partial charge on any atom is 0.274 e. The van der Waals surface area contributed by atoms with E-state index in [0.717, 1.165) is 31.7 Å². The number of benzene rings is 1. The third-order valence-electron chi connectivity index (χ3n) is 3.36. The molecule has 0 unspecified atom stereocenters. The topological polar surface area (TPSA) is 47.4 Å². The molecule has 2 aromatic rings. The fraction of sp³-hybridized carbons (Fsp3) is 0.333. The number of carbonyl (C=O) groups excluding carboxylic acids is 1. The second-order valence-corrected chi connectivity index (χ2v) is 4.83. The van der Waals surface area contributed by atoms with E-state index < -0.39 is 0 Å². The van der Waals surface area contributed by atoms with Gasteiger partial charge in [-0.2, -0.15) is 5.10 Å². The maximum absolute atomic E-state index is 12.1. The number of aromatic nitrogens is 2. The van der Waals surface area contributed by atoms with Crippen LogP contribution in [-0.2, 0) is 6.73 Å². The van der Waals surface area contributed by atoms with Gasteiger partial charge in [0.05, 0.1) is 0 Å². The molecule has 1 fully saturated rings. The van der Waals surface area contributed by atoms with Gasteiger partial charge in [-0.1, -0.05) is 18.2 Å². The molecule has 2 heterocycles. The summed E-state index contributed by atoms with van der Waals surface area (Å²) in [6.45, 7) is 1.98. The van der Waals surface area contributed by atoms with Gasteiger partial charge in [0.2, 0.25) is 0 Å². The Kier molecular flexibility index (Phi) is 3.67. The van der Waals surface area contributed by atoms with Gasteiger partial charge in [0, 0.05) is 19.3 Å². The van der Waals surface area contributed by atoms with E-state index in [9.17, 15) is 4.79 Å². The Morgan fingerprint density at radius 2 is 1.90 bits per heavy atom. The molecule has 5 nitrogen and oxygen atoms in total. The summed E-state index contributed by atoms with van der Waals surface area (Å²) in [5, 5.41) is 4.27. The van der Waals surface area contributed by atoms with Crippen LogP contribution in [0, 0.1) is 0 Å². The fourth-order valence-corrected chi connectivity index (χ4v) is 2.29. The molecule has 1 aliphatic rings. The summed E-state index contributed by atoms with van der Waals surface area (Å²) in [7, 11) is 0. The van der Waals surface area contributed by atoms with E-state index in [0.29, 0.717) is 12.4 Å². The molecule has 0 radical (unpaired) electrons. The zero-order chi connectivity index (χ0) is 13.8. The van der Waals surface area contributed by atoms with Crippen molar-refractivity contribution >= 4 is 5.91 Å². The van der Waals surface area contributed by atoms with Gasteiger partial charge in [-0.15, -0.1) is 0 Å². The molecule has 0 saturated carbocycles. The Hall–Kier alpha value is -2.30. The van der Waals surface area contributed by atoms with Crippen molar-refractivity contribution in [2.24, 2.45) is 0 Å². The van der Waals surface area contributed by atoms with Crippen LogP contribution in [0.25, 0.3) is 0 Å². The number of para-hydroxylation sites is 1. The lowest BCUT2D eigenvalue weighted by molar-refractivity contribution is 0.0785. The minimum atomic E-state index is 0.0148. The first-order valence-electron chi connectivity index (χ1n) is 6.83. The number of carbonyl (C=O) groups is 1. The smallest absolute Gasteiger partial charge is 0.274 e. The van der Waals surface area contributed by atoms with E-state index in [1.54, 1.807) is 16.9 Å². The van der Waals surface area contributed by atoms with E-state index in [-0.39, 0.29) is 5.91 Å². The zero-order valence-corrected chi connectivity index (χ0v) is 11.2. The van der Waals surface area contributed by atoms with E-state index in [1.807, 2.05) is 35.2 Å². The zero-order valence-electron chi connectivity index (χ0n) is 11.2. The third-order valence-corrected chi connectivity index (χ3v) is 3.36. The highest BCUT2D eigenvalue weighted by Gasteiger charge is 2.21. The number of hydrogen-bond donors (Lipinski definition) is 0. The van der Waals surface area contributed by atoms with Crippen molar-refractivity contribution < 1.29 is 9.53 Å². The van der Waals surface area contributed by atoms with Crippen LogP contribution in [0.15, 0.2) is 42.6 Å². The van der Waals surface area contributed by atoms with Crippen LogP contribution < -0.4 is 4.74 Å². The maximum atomic E-state index is 12.1. The fourth-order valence-electron chi connectivity index (χ4n) is 2.29. The average Bonchev–Trinajstić information content (AvgIpc) is 3.17. The number of amides is 1. The van der Waals surface area contributed by atoms with Crippen molar-refractivity contribution in [3.8, 4) is 5.75 Å². The lowest BCUT2D eigenvalue weighted by atomic mass is 10.3. The number of rotatable bonds is 4. The number of likely N-dealkylation sites (tertiary alicyclic amines) is 1. The van der Waals surface area contributed by atoms with Crippen molar-refractivity contribution in [1.29, 1.82) is 0 Å². The number of hydrogen-bond acceptors (Lipinski definition) is 3. The summed E-state index contributed by atoms with van der Waals surface area (Å²) in [6.07, 6.45) is 3.94. The van der Waals surface area contributed by atoms with Crippen LogP contribution in [-0.4, -0.2) is 33.7 Å². The summed E-state index contributed by atoms with van der Waals surface area (Å²) in [5.74, 6) is 0.802. The van der Waals surface area contributed by atoms with Crippen molar-refractivity contribution in [3.63, 3.8) is 0 Å². The Bertz CT molecular complexity index is 574. The Labute approximate surface area is 117 Å². The van der Waals surface area contributed by atoms with Crippen LogP contribution in [0.2, 0.25) is 0 Å². The molecule has 104 valence electrons. The van der Waals surface area contributed by atoms with Gasteiger partial charge in [-0.05, 0) is 31.0 Å². The molecule has 1 aliphatic heterocycles. The van der Waals surface area contributed by atoms with Crippen LogP contribution >= 0.6 is 0 Å². The summed E-state index contributed by atoms with van der Waals surface area (Å²) in [5.41, 5.74) is 0.489. The van der Waals surface area contributed by atoms with Gasteiger partial charge in [0.25, 0.3) is 5.91 Å². The van der Waals surface area contributed by atoms with E-state index in [2.05, 4.69) is 5.10 Å². The minimum Gasteiger partial charge on any atom is -0.471 e. The highest BCUT2D eigenvalue weighted by Crippen LogP contribution is 2.12. The molecule has 0 aliphatic carbocycles. The van der Waals surface area contributed by atoms with Gasteiger partial charge in [0.1, 0.15) is 5.75 Å². The summed E-state index contributed by atoms with van der Waals surface area (Å²) in [6, 6.07) is 11.3. The SMILES string of the molecule is O=C(c1ccn(COc2ccccc2)n1)N1CCCC1. The highest BCUT2D eigenvalue weighted by molar-refractivity contribution is 5.92. The van der Waals surface area contributed by atoms with Crippen LogP contribution in [0.5, 0.6) is 5.75 Å². The minimum absolute atomic E-state index is 0.0148. The molecule has 0 atom stereocenters. The monoisotopic (exact) mass is 271 g/mol. The van der Waals surface area contributed by atoms with E-state index in [1.165, 1.54) is 0 Å². The highest BCUT2D eigenvalue weighted by atomic mass is 16.5. The second kappa shape index (κ2) is 5.77. The van der Waals surface area contributed by atoms with Gasteiger partial charge >= 0.3 is 0 Å². The molecule has 1 aromatic heterocycles. The standard InChI is InChI=1S/C15H17N3O2/c19-15(17-9-4-5-10-17)14-8-11-18(16-14)12-20-13-6-2-1-3-7-13/h1-3,6-8,11H,4-5,9-10,12H2. The summed E-state index contributed by atoms with van der Waals surface area (Å²) < 4.78 is 7.22. The quantitative estimate of drug-likeness (QED) is 0.856. The van der Waals surface area contributed by atoms with Crippen molar-refractivity contribution in [2.75, 3.05) is 13.1 Å². The first kappa shape index (κ1) is 12.7. The molecule has 1 saturated heterocycles. The summed E-state index contributed by atoms with van der Waals surface area (Å²) in [4.78, 5) is 14.0. The summed E-state index contributed by atoms with van der Waals surface area (Å²) >= 11 is 0. The van der Waals surface area contributed by atoms with Crippen molar-refractivity contribution in [2.45, 2.75) is 19.6 Å². The molecule has 3 rings (SSSR count). The Morgan fingerprint density at radius 1 is 1.15 bits per heavy atom. The Morgan fingerprint density at radius 3 is 2.65 bits per heavy atom. The van der Waals surface area contributed by atoms with Crippen LogP contribution in [0.3, 0.4) is 0 Å².